The molecule has 0 saturated carbocycles. The molecule has 0 aromatic carbocycles. The Balaban J connectivity index is 2.35. The van der Waals surface area contributed by atoms with Gasteiger partial charge in [0.1, 0.15) is 17.1 Å². The molecule has 0 bridgehead atoms. The molecule has 0 atom stereocenters. The Kier molecular flexibility index (Phi) is 2.08. The second-order valence-corrected chi connectivity index (χ2v) is 3.89. The van der Waals surface area contributed by atoms with Crippen molar-refractivity contribution < 1.29 is 5.11 Å². The van der Waals surface area contributed by atoms with Crippen LogP contribution < -0.4 is 0 Å². The first kappa shape index (κ1) is 9.84. The number of aryl methyl sites for hydroxylation is 1. The van der Waals surface area contributed by atoms with Gasteiger partial charge >= 0.3 is 0 Å². The highest BCUT2D eigenvalue weighted by Crippen LogP contribution is 2.31. The van der Waals surface area contributed by atoms with Crippen LogP contribution in [0.15, 0.2) is 42.9 Å². The van der Waals surface area contributed by atoms with Crippen molar-refractivity contribution in [3.05, 3.63) is 42.9 Å². The molecule has 0 saturated heterocycles. The van der Waals surface area contributed by atoms with Crippen LogP contribution in [0.5, 0.6) is 5.75 Å². The van der Waals surface area contributed by atoms with Crippen LogP contribution >= 0.6 is 0 Å². The third kappa shape index (κ3) is 1.45. The topological polar surface area (TPSA) is 50.9 Å². The van der Waals surface area contributed by atoms with E-state index in [-0.39, 0.29) is 5.75 Å². The Morgan fingerprint density at radius 2 is 2.00 bits per heavy atom. The molecule has 0 unspecified atom stereocenters. The monoisotopic (exact) mass is 225 g/mol. The van der Waals surface area contributed by atoms with Gasteiger partial charge in [0.05, 0.1) is 0 Å². The van der Waals surface area contributed by atoms with Crippen LogP contribution in [-0.2, 0) is 7.05 Å². The third-order valence-corrected chi connectivity index (χ3v) is 2.81. The summed E-state index contributed by atoms with van der Waals surface area (Å²) in [5, 5.41) is 10.8. The van der Waals surface area contributed by atoms with Crippen molar-refractivity contribution in [1.82, 2.24) is 14.5 Å². The molecule has 1 N–H and O–H groups in total. The van der Waals surface area contributed by atoms with Crippen molar-refractivity contribution in [2.75, 3.05) is 0 Å². The number of hydrogen-bond acceptors (Lipinski definition) is 3. The Morgan fingerprint density at radius 1 is 1.12 bits per heavy atom. The maximum Gasteiger partial charge on any atom is 0.141 e. The summed E-state index contributed by atoms with van der Waals surface area (Å²) < 4.78 is 1.94. The van der Waals surface area contributed by atoms with Crippen molar-refractivity contribution in [3.63, 3.8) is 0 Å². The zero-order valence-corrected chi connectivity index (χ0v) is 9.33. The lowest BCUT2D eigenvalue weighted by atomic mass is 10.1. The maximum atomic E-state index is 9.84. The van der Waals surface area contributed by atoms with Gasteiger partial charge in [-0.25, -0.2) is 4.98 Å². The summed E-state index contributed by atoms with van der Waals surface area (Å²) in [4.78, 5) is 8.53. The van der Waals surface area contributed by atoms with Gasteiger partial charge < -0.3 is 9.67 Å². The quantitative estimate of drug-likeness (QED) is 0.691. The van der Waals surface area contributed by atoms with E-state index in [1.54, 1.807) is 24.5 Å². The Morgan fingerprint density at radius 3 is 2.82 bits per heavy atom. The molecular weight excluding hydrogens is 214 g/mol. The van der Waals surface area contributed by atoms with Gasteiger partial charge in [-0.1, -0.05) is 0 Å². The number of rotatable bonds is 1. The molecule has 3 aromatic heterocycles. The highest BCUT2D eigenvalue weighted by molar-refractivity contribution is 5.93. The minimum atomic E-state index is 0.184. The summed E-state index contributed by atoms with van der Waals surface area (Å²) in [5.74, 6) is 0.184. The molecule has 3 rings (SSSR count). The van der Waals surface area contributed by atoms with Crippen molar-refractivity contribution in [3.8, 4) is 17.0 Å². The van der Waals surface area contributed by atoms with Crippen molar-refractivity contribution >= 4 is 11.0 Å². The average Bonchev–Trinajstić information content (AvgIpc) is 2.72. The molecule has 3 aromatic rings. The van der Waals surface area contributed by atoms with E-state index >= 15 is 0 Å². The molecule has 4 heteroatoms. The minimum absolute atomic E-state index is 0.184. The molecular formula is C13H11N3O. The van der Waals surface area contributed by atoms with Gasteiger partial charge in [-0.15, -0.1) is 0 Å². The van der Waals surface area contributed by atoms with Gasteiger partial charge in [-0.3, -0.25) is 4.98 Å². The highest BCUT2D eigenvalue weighted by Gasteiger charge is 2.10. The fourth-order valence-corrected chi connectivity index (χ4v) is 1.98. The fourth-order valence-electron chi connectivity index (χ4n) is 1.98. The largest absolute Gasteiger partial charge is 0.506 e. The molecule has 0 radical (unpaired) electrons. The number of aromatic nitrogens is 3. The molecule has 0 aliphatic carbocycles. The smallest absolute Gasteiger partial charge is 0.141 e. The van der Waals surface area contributed by atoms with Gasteiger partial charge in [0.15, 0.2) is 0 Å². The van der Waals surface area contributed by atoms with E-state index in [9.17, 15) is 5.11 Å². The van der Waals surface area contributed by atoms with Gasteiger partial charge in [0.25, 0.3) is 0 Å². The predicted octanol–water partition coefficient (Wildman–Crippen LogP) is 2.34. The van der Waals surface area contributed by atoms with Gasteiger partial charge in [-0.2, -0.15) is 0 Å². The third-order valence-electron chi connectivity index (χ3n) is 2.81. The van der Waals surface area contributed by atoms with E-state index in [1.807, 2.05) is 29.9 Å². The van der Waals surface area contributed by atoms with Crippen LogP contribution in [0.4, 0.5) is 0 Å². The molecule has 0 fully saturated rings. The second kappa shape index (κ2) is 3.59. The van der Waals surface area contributed by atoms with Crippen LogP contribution in [0.25, 0.3) is 22.3 Å². The van der Waals surface area contributed by atoms with Gasteiger partial charge in [0, 0.05) is 36.6 Å². The first-order valence-electron chi connectivity index (χ1n) is 5.32. The van der Waals surface area contributed by atoms with Crippen molar-refractivity contribution in [2.45, 2.75) is 0 Å². The van der Waals surface area contributed by atoms with E-state index in [4.69, 9.17) is 0 Å². The van der Waals surface area contributed by atoms with Crippen molar-refractivity contribution in [2.24, 2.45) is 7.05 Å². The van der Waals surface area contributed by atoms with E-state index in [1.165, 1.54) is 0 Å². The normalized spacial score (nSPS) is 10.9. The zero-order valence-electron chi connectivity index (χ0n) is 9.33. The number of pyridine rings is 2. The van der Waals surface area contributed by atoms with Crippen LogP contribution in [0.1, 0.15) is 0 Å². The highest BCUT2D eigenvalue weighted by atomic mass is 16.3. The number of nitrogens with zero attached hydrogens (tertiary/aromatic N) is 3. The summed E-state index contributed by atoms with van der Waals surface area (Å²) in [6, 6.07) is 7.19. The Labute approximate surface area is 98.2 Å². The van der Waals surface area contributed by atoms with E-state index < -0.39 is 0 Å². The number of aromatic hydroxyl groups is 1. The van der Waals surface area contributed by atoms with Crippen LogP contribution in [0.3, 0.4) is 0 Å². The van der Waals surface area contributed by atoms with Gasteiger partial charge in [-0.05, 0) is 24.3 Å². The van der Waals surface area contributed by atoms with Crippen LogP contribution in [-0.4, -0.2) is 19.6 Å². The van der Waals surface area contributed by atoms with Crippen LogP contribution in [0.2, 0.25) is 0 Å². The summed E-state index contributed by atoms with van der Waals surface area (Å²) in [6.07, 6.45) is 5.34. The summed E-state index contributed by atoms with van der Waals surface area (Å²) >= 11 is 0. The van der Waals surface area contributed by atoms with Gasteiger partial charge in [0.2, 0.25) is 0 Å². The first-order valence-corrected chi connectivity index (χ1v) is 5.32. The summed E-state index contributed by atoms with van der Waals surface area (Å²) in [5.41, 5.74) is 2.37. The SMILES string of the molecule is Cn1ccc2c(-c3ncccc3O)ccnc21. The minimum Gasteiger partial charge on any atom is -0.506 e. The van der Waals surface area contributed by atoms with Crippen molar-refractivity contribution in [1.29, 1.82) is 0 Å². The second-order valence-electron chi connectivity index (χ2n) is 3.89. The fraction of sp³-hybridized carbons (Fsp3) is 0.0769. The Hall–Kier alpha value is -2.36. The lowest BCUT2D eigenvalue weighted by Crippen LogP contribution is -1.90. The molecule has 4 nitrogen and oxygen atoms in total. The lowest BCUT2D eigenvalue weighted by Gasteiger charge is -2.04. The first-order chi connectivity index (χ1) is 8.27. The molecule has 3 heterocycles. The average molecular weight is 225 g/mol. The standard InChI is InChI=1S/C13H11N3O/c1-16-8-5-10-9(4-7-15-13(10)16)12-11(17)3-2-6-14-12/h2-8,17H,1H3. The summed E-state index contributed by atoms with van der Waals surface area (Å²) in [6.45, 7) is 0. The molecule has 0 aliphatic rings. The van der Waals surface area contributed by atoms with Crippen LogP contribution in [0, 0.1) is 0 Å². The molecule has 84 valence electrons. The molecule has 0 aliphatic heterocycles. The number of hydrogen-bond donors (Lipinski definition) is 1. The summed E-state index contributed by atoms with van der Waals surface area (Å²) in [7, 11) is 1.94. The molecule has 0 amide bonds. The lowest BCUT2D eigenvalue weighted by molar-refractivity contribution is 0.475. The predicted molar refractivity (Wildman–Crippen MR) is 65.6 cm³/mol. The zero-order chi connectivity index (χ0) is 11.8. The number of fused-ring (bicyclic) bond motifs is 1. The van der Waals surface area contributed by atoms with E-state index in [2.05, 4.69) is 9.97 Å². The molecule has 0 spiro atoms. The maximum absolute atomic E-state index is 9.84. The van der Waals surface area contributed by atoms with E-state index in [0.29, 0.717) is 5.69 Å². The Bertz CT molecular complexity index is 688. The van der Waals surface area contributed by atoms with E-state index in [0.717, 1.165) is 16.6 Å². The molecule has 17 heavy (non-hydrogen) atoms.